The second-order valence-corrected chi connectivity index (χ2v) is 4.63. The number of likely N-dealkylation sites (N-methyl/N-ethyl adjacent to an activating group) is 1. The van der Waals surface area contributed by atoms with Crippen molar-refractivity contribution < 1.29 is 4.74 Å². The van der Waals surface area contributed by atoms with Crippen LogP contribution >= 0.6 is 0 Å². The van der Waals surface area contributed by atoms with Gasteiger partial charge >= 0.3 is 0 Å². The number of rotatable bonds is 9. The molecule has 1 N–H and O–H groups in total. The molecule has 0 saturated carbocycles. The monoisotopic (exact) mass is 253 g/mol. The summed E-state index contributed by atoms with van der Waals surface area (Å²) in [5.74, 6) is 0. The molecule has 1 aromatic heterocycles. The van der Waals surface area contributed by atoms with Crippen molar-refractivity contribution in [2.24, 2.45) is 0 Å². The van der Waals surface area contributed by atoms with E-state index in [9.17, 15) is 0 Å². The summed E-state index contributed by atoms with van der Waals surface area (Å²) < 4.78 is 7.64. The van der Waals surface area contributed by atoms with Gasteiger partial charge in [0.05, 0.1) is 18.3 Å². The molecular formula is C14H27N3O. The minimum atomic E-state index is 0.217. The van der Waals surface area contributed by atoms with Gasteiger partial charge in [0.1, 0.15) is 0 Å². The Hall–Kier alpha value is -0.870. The molecule has 1 aromatic rings. The summed E-state index contributed by atoms with van der Waals surface area (Å²) >= 11 is 0. The number of aromatic nitrogens is 2. The summed E-state index contributed by atoms with van der Waals surface area (Å²) in [6, 6.07) is 0.241. The van der Waals surface area contributed by atoms with Gasteiger partial charge in [-0.15, -0.1) is 0 Å². The third kappa shape index (κ3) is 4.10. The van der Waals surface area contributed by atoms with E-state index in [-0.39, 0.29) is 12.1 Å². The van der Waals surface area contributed by atoms with Crippen molar-refractivity contribution in [2.75, 3.05) is 13.7 Å². The predicted octanol–water partition coefficient (Wildman–Crippen LogP) is 2.76. The molecule has 0 aliphatic carbocycles. The second kappa shape index (κ2) is 8.27. The van der Waals surface area contributed by atoms with Gasteiger partial charge < -0.3 is 10.1 Å². The Morgan fingerprint density at radius 1 is 1.33 bits per heavy atom. The van der Waals surface area contributed by atoms with Gasteiger partial charge in [-0.05, 0) is 19.4 Å². The largest absolute Gasteiger partial charge is 0.379 e. The zero-order valence-corrected chi connectivity index (χ0v) is 12.1. The van der Waals surface area contributed by atoms with E-state index in [0.717, 1.165) is 32.4 Å². The zero-order chi connectivity index (χ0) is 13.4. The first-order valence-corrected chi connectivity index (χ1v) is 7.05. The maximum absolute atomic E-state index is 5.63. The lowest BCUT2D eigenvalue weighted by atomic mass is 10.0. The SMILES string of the molecule is CCCC(OC)C(NCC)c1cnn(CCC)c1. The zero-order valence-electron chi connectivity index (χ0n) is 12.1. The number of methoxy groups -OCH3 is 1. The summed E-state index contributed by atoms with van der Waals surface area (Å²) in [6.07, 6.45) is 7.62. The first-order chi connectivity index (χ1) is 8.76. The Bertz CT molecular complexity index is 325. The molecule has 18 heavy (non-hydrogen) atoms. The molecule has 4 nitrogen and oxygen atoms in total. The van der Waals surface area contributed by atoms with Crippen molar-refractivity contribution in [1.29, 1.82) is 0 Å². The fraction of sp³-hybridized carbons (Fsp3) is 0.786. The van der Waals surface area contributed by atoms with Crippen LogP contribution < -0.4 is 5.32 Å². The molecule has 0 spiro atoms. The van der Waals surface area contributed by atoms with Gasteiger partial charge in [0.25, 0.3) is 0 Å². The normalized spacial score (nSPS) is 14.7. The van der Waals surface area contributed by atoms with Gasteiger partial charge in [0.2, 0.25) is 0 Å². The number of ether oxygens (including phenoxy) is 1. The topological polar surface area (TPSA) is 39.1 Å². The van der Waals surface area contributed by atoms with Crippen molar-refractivity contribution in [1.82, 2.24) is 15.1 Å². The maximum atomic E-state index is 5.63. The Labute approximate surface area is 111 Å². The Morgan fingerprint density at radius 3 is 2.67 bits per heavy atom. The molecule has 0 radical (unpaired) electrons. The maximum Gasteiger partial charge on any atom is 0.0767 e. The van der Waals surface area contributed by atoms with Crippen LogP contribution in [0.2, 0.25) is 0 Å². The molecule has 0 amide bonds. The summed E-state index contributed by atoms with van der Waals surface area (Å²) in [6.45, 7) is 8.40. The number of hydrogen-bond donors (Lipinski definition) is 1. The van der Waals surface area contributed by atoms with Gasteiger partial charge in [0.15, 0.2) is 0 Å². The van der Waals surface area contributed by atoms with Crippen LogP contribution in [0, 0.1) is 0 Å². The molecule has 0 aliphatic rings. The average molecular weight is 253 g/mol. The minimum absolute atomic E-state index is 0.217. The standard InChI is InChI=1S/C14H27N3O/c1-5-8-13(18-4)14(15-7-3)12-10-16-17(11-12)9-6-2/h10-11,13-15H,5-9H2,1-4H3. The Kier molecular flexibility index (Phi) is 6.98. The van der Waals surface area contributed by atoms with Crippen molar-refractivity contribution >= 4 is 0 Å². The van der Waals surface area contributed by atoms with Crippen LogP contribution in [0.3, 0.4) is 0 Å². The predicted molar refractivity (Wildman–Crippen MR) is 74.6 cm³/mol. The van der Waals surface area contributed by atoms with Crippen LogP contribution in [-0.2, 0) is 11.3 Å². The lowest BCUT2D eigenvalue weighted by molar-refractivity contribution is 0.0611. The van der Waals surface area contributed by atoms with E-state index in [1.165, 1.54) is 5.56 Å². The van der Waals surface area contributed by atoms with Gasteiger partial charge in [0, 0.05) is 25.4 Å². The Balaban J connectivity index is 2.80. The highest BCUT2D eigenvalue weighted by atomic mass is 16.5. The van der Waals surface area contributed by atoms with Gasteiger partial charge in [-0.1, -0.05) is 27.2 Å². The first kappa shape index (κ1) is 15.2. The number of nitrogens with zero attached hydrogens (tertiary/aromatic N) is 2. The first-order valence-electron chi connectivity index (χ1n) is 7.05. The van der Waals surface area contributed by atoms with Crippen LogP contribution in [0.5, 0.6) is 0 Å². The third-order valence-electron chi connectivity index (χ3n) is 3.14. The fourth-order valence-electron chi connectivity index (χ4n) is 2.28. The second-order valence-electron chi connectivity index (χ2n) is 4.63. The molecule has 0 saturated heterocycles. The van der Waals surface area contributed by atoms with E-state index >= 15 is 0 Å². The van der Waals surface area contributed by atoms with Crippen LogP contribution in [0.25, 0.3) is 0 Å². The highest BCUT2D eigenvalue weighted by Crippen LogP contribution is 2.22. The van der Waals surface area contributed by atoms with Crippen LogP contribution in [0.4, 0.5) is 0 Å². The van der Waals surface area contributed by atoms with E-state index < -0.39 is 0 Å². The highest BCUT2D eigenvalue weighted by molar-refractivity contribution is 5.12. The average Bonchev–Trinajstić information content (AvgIpc) is 2.82. The van der Waals surface area contributed by atoms with E-state index in [1.807, 2.05) is 10.9 Å². The molecule has 0 fully saturated rings. The summed E-state index contributed by atoms with van der Waals surface area (Å²) in [7, 11) is 1.79. The van der Waals surface area contributed by atoms with Crippen LogP contribution in [-0.4, -0.2) is 29.5 Å². The van der Waals surface area contributed by atoms with E-state index in [2.05, 4.69) is 37.4 Å². The van der Waals surface area contributed by atoms with E-state index in [1.54, 1.807) is 7.11 Å². The van der Waals surface area contributed by atoms with Gasteiger partial charge in [-0.3, -0.25) is 4.68 Å². The lowest BCUT2D eigenvalue weighted by Gasteiger charge is -2.25. The van der Waals surface area contributed by atoms with Crippen LogP contribution in [0.15, 0.2) is 12.4 Å². The van der Waals surface area contributed by atoms with Crippen LogP contribution in [0.1, 0.15) is 51.6 Å². The van der Waals surface area contributed by atoms with E-state index in [0.29, 0.717) is 0 Å². The lowest BCUT2D eigenvalue weighted by Crippen LogP contribution is -2.33. The quantitative estimate of drug-likeness (QED) is 0.735. The minimum Gasteiger partial charge on any atom is -0.379 e. The third-order valence-corrected chi connectivity index (χ3v) is 3.14. The molecule has 4 heteroatoms. The van der Waals surface area contributed by atoms with Gasteiger partial charge in [-0.2, -0.15) is 5.10 Å². The molecule has 0 aliphatic heterocycles. The van der Waals surface area contributed by atoms with Crippen molar-refractivity contribution in [3.63, 3.8) is 0 Å². The van der Waals surface area contributed by atoms with Gasteiger partial charge in [-0.25, -0.2) is 0 Å². The molecule has 2 atom stereocenters. The number of aryl methyl sites for hydroxylation is 1. The van der Waals surface area contributed by atoms with Crippen molar-refractivity contribution in [3.8, 4) is 0 Å². The molecule has 104 valence electrons. The highest BCUT2D eigenvalue weighted by Gasteiger charge is 2.22. The summed E-state index contributed by atoms with van der Waals surface area (Å²) in [4.78, 5) is 0. The van der Waals surface area contributed by atoms with E-state index in [4.69, 9.17) is 4.74 Å². The molecule has 0 aromatic carbocycles. The fourth-order valence-corrected chi connectivity index (χ4v) is 2.28. The smallest absolute Gasteiger partial charge is 0.0767 e. The Morgan fingerprint density at radius 2 is 2.11 bits per heavy atom. The molecule has 1 rings (SSSR count). The molecule has 0 bridgehead atoms. The molecular weight excluding hydrogens is 226 g/mol. The summed E-state index contributed by atoms with van der Waals surface area (Å²) in [5.41, 5.74) is 1.23. The molecule has 2 unspecified atom stereocenters. The summed E-state index contributed by atoms with van der Waals surface area (Å²) in [5, 5.41) is 7.92. The number of nitrogens with one attached hydrogen (secondary N) is 1. The van der Waals surface area contributed by atoms with Crippen molar-refractivity contribution in [2.45, 2.75) is 58.7 Å². The number of hydrogen-bond acceptors (Lipinski definition) is 3. The molecule has 1 heterocycles. The van der Waals surface area contributed by atoms with Crippen molar-refractivity contribution in [3.05, 3.63) is 18.0 Å².